The highest BCUT2D eigenvalue weighted by Crippen LogP contribution is 2.23. The lowest BCUT2D eigenvalue weighted by Crippen LogP contribution is -2.23. The number of carbonyl (C=O) groups is 1. The van der Waals surface area contributed by atoms with E-state index in [-0.39, 0.29) is 11.4 Å². The van der Waals surface area contributed by atoms with Gasteiger partial charge in [0.2, 0.25) is 0 Å². The Morgan fingerprint density at radius 3 is 2.39 bits per heavy atom. The minimum absolute atomic E-state index is 0.0977. The second-order valence-electron chi connectivity index (χ2n) is 6.31. The SMILES string of the molecule is CC(C)(C)c1ccc(NC(=O)N/C=C/c2cccc(Cl)c2)cc1. The Kier molecular flexibility index (Phi) is 5.45. The molecule has 2 aromatic carbocycles. The second-order valence-corrected chi connectivity index (χ2v) is 6.75. The van der Waals surface area contributed by atoms with Crippen molar-refractivity contribution in [3.05, 3.63) is 70.9 Å². The first kappa shape index (κ1) is 17.1. The molecule has 0 aromatic heterocycles. The maximum Gasteiger partial charge on any atom is 0.323 e. The molecule has 4 heteroatoms. The van der Waals surface area contributed by atoms with Gasteiger partial charge in [0.1, 0.15) is 0 Å². The zero-order valence-electron chi connectivity index (χ0n) is 13.6. The highest BCUT2D eigenvalue weighted by Gasteiger charge is 2.12. The van der Waals surface area contributed by atoms with Crippen molar-refractivity contribution < 1.29 is 4.79 Å². The van der Waals surface area contributed by atoms with Crippen LogP contribution in [0.2, 0.25) is 5.02 Å². The van der Waals surface area contributed by atoms with Crippen molar-refractivity contribution in [1.82, 2.24) is 5.32 Å². The zero-order chi connectivity index (χ0) is 16.9. The molecule has 0 heterocycles. The third kappa shape index (κ3) is 5.46. The van der Waals surface area contributed by atoms with Crippen LogP contribution in [0.5, 0.6) is 0 Å². The smallest absolute Gasteiger partial charge is 0.314 e. The fraction of sp³-hybridized carbons (Fsp3) is 0.211. The lowest BCUT2D eigenvalue weighted by molar-refractivity contribution is 0.255. The highest BCUT2D eigenvalue weighted by molar-refractivity contribution is 6.30. The van der Waals surface area contributed by atoms with E-state index in [9.17, 15) is 4.79 Å². The molecule has 0 unspecified atom stereocenters. The lowest BCUT2D eigenvalue weighted by Gasteiger charge is -2.19. The van der Waals surface area contributed by atoms with Crippen molar-refractivity contribution in [2.45, 2.75) is 26.2 Å². The van der Waals surface area contributed by atoms with Crippen LogP contribution in [0.3, 0.4) is 0 Å². The van der Waals surface area contributed by atoms with E-state index in [4.69, 9.17) is 11.6 Å². The average molecular weight is 329 g/mol. The fourth-order valence-corrected chi connectivity index (χ4v) is 2.24. The fourth-order valence-electron chi connectivity index (χ4n) is 2.04. The molecule has 0 spiro atoms. The summed E-state index contributed by atoms with van der Waals surface area (Å²) in [6.45, 7) is 6.47. The van der Waals surface area contributed by atoms with Crippen LogP contribution in [0.15, 0.2) is 54.7 Å². The minimum atomic E-state index is -0.285. The predicted molar refractivity (Wildman–Crippen MR) is 97.8 cm³/mol. The summed E-state index contributed by atoms with van der Waals surface area (Å²) in [5, 5.41) is 6.12. The molecule has 0 bridgehead atoms. The molecule has 23 heavy (non-hydrogen) atoms. The molecule has 0 fully saturated rings. The Hall–Kier alpha value is -2.26. The molecule has 0 saturated carbocycles. The number of amides is 2. The van der Waals surface area contributed by atoms with E-state index < -0.39 is 0 Å². The Labute approximate surface area is 142 Å². The van der Waals surface area contributed by atoms with Crippen molar-refractivity contribution in [2.24, 2.45) is 0 Å². The van der Waals surface area contributed by atoms with Crippen LogP contribution in [-0.2, 0) is 5.41 Å². The number of nitrogens with one attached hydrogen (secondary N) is 2. The van der Waals surface area contributed by atoms with Gasteiger partial charge in [0, 0.05) is 16.9 Å². The summed E-state index contributed by atoms with van der Waals surface area (Å²) in [5.74, 6) is 0. The maximum atomic E-state index is 11.9. The highest BCUT2D eigenvalue weighted by atomic mass is 35.5. The van der Waals surface area contributed by atoms with Crippen LogP contribution in [0.25, 0.3) is 6.08 Å². The molecule has 0 aliphatic heterocycles. The number of carbonyl (C=O) groups excluding carboxylic acids is 1. The molecule has 0 saturated heterocycles. The lowest BCUT2D eigenvalue weighted by atomic mass is 9.87. The van der Waals surface area contributed by atoms with Crippen molar-refractivity contribution >= 4 is 29.4 Å². The average Bonchev–Trinajstić information content (AvgIpc) is 2.47. The first-order valence-electron chi connectivity index (χ1n) is 7.45. The minimum Gasteiger partial charge on any atom is -0.314 e. The van der Waals surface area contributed by atoms with E-state index in [0.717, 1.165) is 11.3 Å². The van der Waals surface area contributed by atoms with Gasteiger partial charge in [0.05, 0.1) is 0 Å². The number of halogens is 1. The Morgan fingerprint density at radius 2 is 1.78 bits per heavy atom. The molecule has 2 amide bonds. The number of benzene rings is 2. The quantitative estimate of drug-likeness (QED) is 0.775. The molecule has 3 nitrogen and oxygen atoms in total. The number of hydrogen-bond acceptors (Lipinski definition) is 1. The van der Waals surface area contributed by atoms with Gasteiger partial charge in [-0.1, -0.05) is 56.6 Å². The van der Waals surface area contributed by atoms with Gasteiger partial charge in [-0.15, -0.1) is 0 Å². The van der Waals surface area contributed by atoms with E-state index in [1.54, 1.807) is 18.3 Å². The van der Waals surface area contributed by atoms with Crippen LogP contribution in [0, 0.1) is 0 Å². The first-order valence-corrected chi connectivity index (χ1v) is 7.82. The Bertz CT molecular complexity index is 700. The largest absolute Gasteiger partial charge is 0.323 e. The van der Waals surface area contributed by atoms with Crippen LogP contribution >= 0.6 is 11.6 Å². The van der Waals surface area contributed by atoms with Gasteiger partial charge in [0.25, 0.3) is 0 Å². The van der Waals surface area contributed by atoms with Crippen molar-refractivity contribution in [2.75, 3.05) is 5.32 Å². The molecule has 0 radical (unpaired) electrons. The Morgan fingerprint density at radius 1 is 1.09 bits per heavy atom. The molecule has 0 aliphatic rings. The summed E-state index contributed by atoms with van der Waals surface area (Å²) < 4.78 is 0. The molecule has 0 aliphatic carbocycles. The van der Waals surface area contributed by atoms with Gasteiger partial charge in [-0.05, 0) is 46.9 Å². The van der Waals surface area contributed by atoms with Crippen molar-refractivity contribution in [1.29, 1.82) is 0 Å². The first-order chi connectivity index (χ1) is 10.8. The predicted octanol–water partition coefficient (Wildman–Crippen LogP) is 5.43. The monoisotopic (exact) mass is 328 g/mol. The third-order valence-corrected chi connectivity index (χ3v) is 3.58. The van der Waals surface area contributed by atoms with Gasteiger partial charge in [-0.3, -0.25) is 0 Å². The molecular weight excluding hydrogens is 308 g/mol. The van der Waals surface area contributed by atoms with Crippen LogP contribution in [0.1, 0.15) is 31.9 Å². The standard InChI is InChI=1S/C19H21ClN2O/c1-19(2,3)15-7-9-17(10-8-15)22-18(23)21-12-11-14-5-4-6-16(20)13-14/h4-13H,1-3H3,(H2,21,22,23)/b12-11+. The van der Waals surface area contributed by atoms with Crippen LogP contribution in [-0.4, -0.2) is 6.03 Å². The van der Waals surface area contributed by atoms with Crippen molar-refractivity contribution in [3.8, 4) is 0 Å². The summed E-state index contributed by atoms with van der Waals surface area (Å²) in [7, 11) is 0. The van der Waals surface area contributed by atoms with E-state index in [1.165, 1.54) is 5.56 Å². The Balaban J connectivity index is 1.90. The van der Waals surface area contributed by atoms with Gasteiger partial charge >= 0.3 is 6.03 Å². The second kappa shape index (κ2) is 7.34. The van der Waals surface area contributed by atoms with Gasteiger partial charge < -0.3 is 10.6 Å². The maximum absolute atomic E-state index is 11.9. The molecule has 0 atom stereocenters. The number of urea groups is 1. The normalized spacial score (nSPS) is 11.5. The van der Waals surface area contributed by atoms with Crippen LogP contribution < -0.4 is 10.6 Å². The summed E-state index contributed by atoms with van der Waals surface area (Å²) >= 11 is 5.90. The summed E-state index contributed by atoms with van der Waals surface area (Å²) in [6.07, 6.45) is 3.37. The molecule has 120 valence electrons. The molecule has 2 aromatic rings. The number of anilines is 1. The number of hydrogen-bond donors (Lipinski definition) is 2. The van der Waals surface area contributed by atoms with Crippen molar-refractivity contribution in [3.63, 3.8) is 0 Å². The summed E-state index contributed by atoms with van der Waals surface area (Å²) in [5.41, 5.74) is 3.00. The number of rotatable bonds is 3. The molecule has 2 N–H and O–H groups in total. The third-order valence-electron chi connectivity index (χ3n) is 3.35. The zero-order valence-corrected chi connectivity index (χ0v) is 14.3. The molecule has 2 rings (SSSR count). The van der Waals surface area contributed by atoms with Gasteiger partial charge in [-0.2, -0.15) is 0 Å². The van der Waals surface area contributed by atoms with Crippen LogP contribution in [0.4, 0.5) is 10.5 Å². The van der Waals surface area contributed by atoms with E-state index in [1.807, 2.05) is 42.5 Å². The van der Waals surface area contributed by atoms with Gasteiger partial charge in [0.15, 0.2) is 0 Å². The molecular formula is C19H21ClN2O. The van der Waals surface area contributed by atoms with Gasteiger partial charge in [-0.25, -0.2) is 4.79 Å². The van der Waals surface area contributed by atoms with E-state index in [0.29, 0.717) is 5.02 Å². The topological polar surface area (TPSA) is 41.1 Å². The summed E-state index contributed by atoms with van der Waals surface area (Å²) in [4.78, 5) is 11.9. The summed E-state index contributed by atoms with van der Waals surface area (Å²) in [6, 6.07) is 15.0. The van der Waals surface area contributed by atoms with E-state index >= 15 is 0 Å². The van der Waals surface area contributed by atoms with E-state index in [2.05, 4.69) is 31.4 Å².